The number of likely N-dealkylation sites (tertiary alicyclic amines) is 1. The highest BCUT2D eigenvalue weighted by Gasteiger charge is 2.57. The molecule has 0 bridgehead atoms. The van der Waals surface area contributed by atoms with E-state index in [2.05, 4.69) is 21.8 Å². The fourth-order valence-corrected chi connectivity index (χ4v) is 3.44. The molecule has 0 radical (unpaired) electrons. The van der Waals surface area contributed by atoms with Gasteiger partial charge in [-0.1, -0.05) is 6.92 Å². The van der Waals surface area contributed by atoms with Crippen molar-refractivity contribution < 1.29 is 14.6 Å². The zero-order chi connectivity index (χ0) is 15.0. The van der Waals surface area contributed by atoms with Crippen LogP contribution in [0, 0.1) is 11.3 Å². The van der Waals surface area contributed by atoms with Crippen molar-refractivity contribution in [3.63, 3.8) is 0 Å². The number of rotatable bonds is 4. The summed E-state index contributed by atoms with van der Waals surface area (Å²) in [5.74, 6) is 0.595. The number of anilines is 1. The Hall–Kier alpha value is -1.89. The van der Waals surface area contributed by atoms with Crippen LogP contribution in [0.2, 0.25) is 0 Å². The number of methoxy groups -OCH3 is 1. The molecule has 7 nitrogen and oxygen atoms in total. The van der Waals surface area contributed by atoms with Gasteiger partial charge in [-0.05, 0) is 6.54 Å². The molecule has 0 aliphatic carbocycles. The summed E-state index contributed by atoms with van der Waals surface area (Å²) in [7, 11) is 1.57. The number of fused-ring (bicyclic) bond motifs is 1. The molecule has 0 aromatic carbocycles. The second-order valence-electron chi connectivity index (χ2n) is 5.79. The van der Waals surface area contributed by atoms with E-state index in [1.807, 2.05) is 4.90 Å². The van der Waals surface area contributed by atoms with Crippen LogP contribution < -0.4 is 9.64 Å². The first-order valence-electron chi connectivity index (χ1n) is 7.16. The lowest BCUT2D eigenvalue weighted by Crippen LogP contribution is -2.41. The molecule has 3 heterocycles. The van der Waals surface area contributed by atoms with E-state index in [0.717, 1.165) is 13.1 Å². The van der Waals surface area contributed by atoms with Crippen molar-refractivity contribution in [3.8, 4) is 5.75 Å². The van der Waals surface area contributed by atoms with Crippen molar-refractivity contribution in [3.05, 3.63) is 12.4 Å². The van der Waals surface area contributed by atoms with Gasteiger partial charge in [0.25, 0.3) is 0 Å². The number of hydrogen-bond donors (Lipinski definition) is 1. The third-order valence-corrected chi connectivity index (χ3v) is 4.69. The number of ether oxygens (including phenoxy) is 1. The van der Waals surface area contributed by atoms with E-state index < -0.39 is 11.4 Å². The number of carboxylic acids is 1. The molecule has 2 aliphatic heterocycles. The average Bonchev–Trinajstić information content (AvgIpc) is 3.02. The van der Waals surface area contributed by atoms with Crippen molar-refractivity contribution in [1.29, 1.82) is 0 Å². The summed E-state index contributed by atoms with van der Waals surface area (Å²) in [4.78, 5) is 24.6. The highest BCUT2D eigenvalue weighted by Crippen LogP contribution is 2.43. The first kappa shape index (κ1) is 14.1. The third-order valence-electron chi connectivity index (χ3n) is 4.69. The summed E-state index contributed by atoms with van der Waals surface area (Å²) in [6.45, 7) is 5.56. The van der Waals surface area contributed by atoms with Crippen molar-refractivity contribution in [2.45, 2.75) is 6.92 Å². The minimum Gasteiger partial charge on any atom is -0.494 e. The lowest BCUT2D eigenvalue weighted by atomic mass is 9.81. The molecule has 2 saturated heterocycles. The maximum atomic E-state index is 11.8. The summed E-state index contributed by atoms with van der Waals surface area (Å²) in [6.07, 6.45) is 3.23. The number of aromatic nitrogens is 2. The molecule has 2 atom stereocenters. The molecule has 114 valence electrons. The van der Waals surface area contributed by atoms with Gasteiger partial charge in [-0.25, -0.2) is 9.97 Å². The predicted molar refractivity (Wildman–Crippen MR) is 76.5 cm³/mol. The summed E-state index contributed by atoms with van der Waals surface area (Å²) >= 11 is 0. The zero-order valence-corrected chi connectivity index (χ0v) is 12.3. The Morgan fingerprint density at radius 3 is 2.67 bits per heavy atom. The lowest BCUT2D eigenvalue weighted by molar-refractivity contribution is -0.148. The van der Waals surface area contributed by atoms with Crippen molar-refractivity contribution in [2.24, 2.45) is 11.3 Å². The fraction of sp³-hybridized carbons (Fsp3) is 0.643. The maximum Gasteiger partial charge on any atom is 0.313 e. The topological polar surface area (TPSA) is 78.8 Å². The molecule has 2 aliphatic rings. The predicted octanol–water partition coefficient (Wildman–Crippen LogP) is 0.328. The molecule has 0 spiro atoms. The minimum absolute atomic E-state index is 0.126. The van der Waals surface area contributed by atoms with E-state index in [1.54, 1.807) is 19.5 Å². The number of aliphatic carboxylic acids is 1. The van der Waals surface area contributed by atoms with E-state index in [-0.39, 0.29) is 5.92 Å². The summed E-state index contributed by atoms with van der Waals surface area (Å²) in [5, 5.41) is 9.72. The number of carboxylic acid groups (broad SMARTS) is 1. The number of carbonyl (C=O) groups is 1. The van der Waals surface area contributed by atoms with Crippen LogP contribution in [0.4, 0.5) is 5.95 Å². The Labute approximate surface area is 123 Å². The molecular weight excluding hydrogens is 272 g/mol. The largest absolute Gasteiger partial charge is 0.494 e. The van der Waals surface area contributed by atoms with E-state index in [9.17, 15) is 9.90 Å². The first-order valence-corrected chi connectivity index (χ1v) is 7.16. The molecule has 1 aromatic heterocycles. The van der Waals surface area contributed by atoms with Gasteiger partial charge in [0.15, 0.2) is 5.75 Å². The van der Waals surface area contributed by atoms with Crippen LogP contribution in [-0.2, 0) is 4.79 Å². The molecule has 21 heavy (non-hydrogen) atoms. The molecule has 3 rings (SSSR count). The third kappa shape index (κ3) is 2.21. The highest BCUT2D eigenvalue weighted by atomic mass is 16.5. The van der Waals surface area contributed by atoms with Crippen molar-refractivity contribution in [1.82, 2.24) is 14.9 Å². The van der Waals surface area contributed by atoms with E-state index >= 15 is 0 Å². The van der Waals surface area contributed by atoms with Crippen LogP contribution >= 0.6 is 0 Å². The zero-order valence-electron chi connectivity index (χ0n) is 12.3. The van der Waals surface area contributed by atoms with Gasteiger partial charge < -0.3 is 19.6 Å². The minimum atomic E-state index is -0.709. The molecule has 0 amide bonds. The Morgan fingerprint density at radius 1 is 1.43 bits per heavy atom. The Morgan fingerprint density at radius 2 is 2.14 bits per heavy atom. The van der Waals surface area contributed by atoms with Gasteiger partial charge in [-0.2, -0.15) is 0 Å². The number of hydrogen-bond acceptors (Lipinski definition) is 6. The number of nitrogens with zero attached hydrogens (tertiary/aromatic N) is 4. The van der Waals surface area contributed by atoms with Crippen LogP contribution in [-0.4, -0.2) is 65.8 Å². The second-order valence-corrected chi connectivity index (χ2v) is 5.79. The standard InChI is InChI=1S/C14H20N4O3/c1-3-17-6-10-7-18(9-14(10,8-17)12(19)20)13-15-4-11(21-2)5-16-13/h4-5,10H,3,6-9H2,1-2H3,(H,19,20)/t10-,14-/m0/s1. The average molecular weight is 292 g/mol. The Bertz CT molecular complexity index is 536. The van der Waals surface area contributed by atoms with E-state index in [0.29, 0.717) is 31.3 Å². The summed E-state index contributed by atoms with van der Waals surface area (Å²) in [6, 6.07) is 0. The van der Waals surface area contributed by atoms with Gasteiger partial charge in [0.2, 0.25) is 5.95 Å². The maximum absolute atomic E-state index is 11.8. The Balaban J connectivity index is 1.81. The van der Waals surface area contributed by atoms with Gasteiger partial charge in [0.05, 0.1) is 19.5 Å². The monoisotopic (exact) mass is 292 g/mol. The van der Waals surface area contributed by atoms with Gasteiger partial charge in [0.1, 0.15) is 5.41 Å². The summed E-state index contributed by atoms with van der Waals surface area (Å²) in [5.41, 5.74) is -0.695. The molecule has 0 unspecified atom stereocenters. The highest BCUT2D eigenvalue weighted by molar-refractivity contribution is 5.78. The SMILES string of the molecule is CCN1C[C@H]2CN(c3ncc(OC)cn3)C[C@@]2(C(=O)O)C1. The lowest BCUT2D eigenvalue weighted by Gasteiger charge is -2.24. The van der Waals surface area contributed by atoms with Crippen molar-refractivity contribution in [2.75, 3.05) is 44.7 Å². The molecule has 1 N–H and O–H groups in total. The Kier molecular flexibility index (Phi) is 3.44. The van der Waals surface area contributed by atoms with Crippen molar-refractivity contribution >= 4 is 11.9 Å². The normalized spacial score (nSPS) is 28.7. The fourth-order valence-electron chi connectivity index (χ4n) is 3.44. The smallest absolute Gasteiger partial charge is 0.313 e. The first-order chi connectivity index (χ1) is 10.1. The van der Waals surface area contributed by atoms with E-state index in [1.165, 1.54) is 0 Å². The van der Waals surface area contributed by atoms with Crippen LogP contribution in [0.25, 0.3) is 0 Å². The van der Waals surface area contributed by atoms with E-state index in [4.69, 9.17) is 4.74 Å². The quantitative estimate of drug-likeness (QED) is 0.856. The molecule has 7 heteroatoms. The van der Waals surface area contributed by atoms with Gasteiger partial charge in [-0.15, -0.1) is 0 Å². The van der Waals surface area contributed by atoms with Gasteiger partial charge in [0, 0.05) is 32.1 Å². The van der Waals surface area contributed by atoms with Crippen LogP contribution in [0.15, 0.2) is 12.4 Å². The molecule has 1 aromatic rings. The van der Waals surface area contributed by atoms with Gasteiger partial charge in [-0.3, -0.25) is 4.79 Å². The molecule has 2 fully saturated rings. The van der Waals surface area contributed by atoms with Crippen LogP contribution in [0.3, 0.4) is 0 Å². The van der Waals surface area contributed by atoms with Gasteiger partial charge >= 0.3 is 5.97 Å². The summed E-state index contributed by atoms with van der Waals surface area (Å²) < 4.78 is 5.05. The van der Waals surface area contributed by atoms with Crippen LogP contribution in [0.1, 0.15) is 6.92 Å². The van der Waals surface area contributed by atoms with Crippen LogP contribution in [0.5, 0.6) is 5.75 Å². The molecular formula is C14H20N4O3. The second kappa shape index (κ2) is 5.14. The molecule has 0 saturated carbocycles.